The van der Waals surface area contributed by atoms with E-state index in [1.54, 1.807) is 12.4 Å². The Morgan fingerprint density at radius 2 is 1.78 bits per heavy atom. The van der Waals surface area contributed by atoms with Crippen molar-refractivity contribution in [2.75, 3.05) is 0 Å². The molecule has 0 fully saturated rings. The average Bonchev–Trinajstić information content (AvgIpc) is 2.93. The summed E-state index contributed by atoms with van der Waals surface area (Å²) in [6.45, 7) is 2.02. The lowest BCUT2D eigenvalue weighted by Gasteiger charge is -2.21. The molecule has 0 N–H and O–H groups in total. The Kier molecular flexibility index (Phi) is 2.39. The highest BCUT2D eigenvalue weighted by Crippen LogP contribution is 2.42. The summed E-state index contributed by atoms with van der Waals surface area (Å²) in [5.41, 5.74) is 5.26. The SMILES string of the molecule is Cc1nc2cccc3c2n1-c1ccc(-c2ccncc2)cc1O3. The van der Waals surface area contributed by atoms with E-state index in [9.17, 15) is 0 Å². The Hall–Kier alpha value is -3.14. The van der Waals surface area contributed by atoms with E-state index in [0.717, 1.165) is 45.2 Å². The molecule has 4 nitrogen and oxygen atoms in total. The number of para-hydroxylation sites is 1. The van der Waals surface area contributed by atoms with Gasteiger partial charge in [0.25, 0.3) is 0 Å². The Bertz CT molecular complexity index is 1050. The fourth-order valence-electron chi connectivity index (χ4n) is 3.21. The zero-order valence-electron chi connectivity index (χ0n) is 12.5. The number of nitrogens with zero attached hydrogens (tertiary/aromatic N) is 3. The van der Waals surface area contributed by atoms with Crippen molar-refractivity contribution in [2.24, 2.45) is 0 Å². The summed E-state index contributed by atoms with van der Waals surface area (Å²) in [4.78, 5) is 8.71. The number of ether oxygens (including phenoxy) is 1. The quantitative estimate of drug-likeness (QED) is 0.457. The minimum atomic E-state index is 0.848. The van der Waals surface area contributed by atoms with Crippen molar-refractivity contribution in [3.05, 3.63) is 66.7 Å². The molecule has 110 valence electrons. The van der Waals surface area contributed by atoms with Crippen molar-refractivity contribution >= 4 is 11.0 Å². The second kappa shape index (κ2) is 4.43. The summed E-state index contributed by atoms with van der Waals surface area (Å²) in [6, 6.07) is 16.3. The van der Waals surface area contributed by atoms with Crippen LogP contribution in [0.3, 0.4) is 0 Å². The maximum atomic E-state index is 6.15. The van der Waals surface area contributed by atoms with Crippen LogP contribution in [0, 0.1) is 6.92 Å². The summed E-state index contributed by atoms with van der Waals surface area (Å²) in [6.07, 6.45) is 3.60. The van der Waals surface area contributed by atoms with E-state index < -0.39 is 0 Å². The molecule has 0 radical (unpaired) electrons. The lowest BCUT2D eigenvalue weighted by Crippen LogP contribution is -2.05. The van der Waals surface area contributed by atoms with Crippen molar-refractivity contribution in [3.8, 4) is 28.3 Å². The molecule has 0 saturated carbocycles. The molecule has 1 aliphatic heterocycles. The van der Waals surface area contributed by atoms with Crippen LogP contribution in [0.2, 0.25) is 0 Å². The molecule has 23 heavy (non-hydrogen) atoms. The Labute approximate surface area is 133 Å². The minimum Gasteiger partial charge on any atom is -0.453 e. The van der Waals surface area contributed by atoms with Gasteiger partial charge in [-0.15, -0.1) is 0 Å². The van der Waals surface area contributed by atoms with Crippen molar-refractivity contribution in [1.29, 1.82) is 0 Å². The summed E-state index contributed by atoms with van der Waals surface area (Å²) in [7, 11) is 0. The van der Waals surface area contributed by atoms with Crippen molar-refractivity contribution < 1.29 is 4.74 Å². The van der Waals surface area contributed by atoms with Gasteiger partial charge in [-0.2, -0.15) is 0 Å². The first-order valence-electron chi connectivity index (χ1n) is 7.52. The highest BCUT2D eigenvalue weighted by atomic mass is 16.5. The number of fused-ring (bicyclic) bond motifs is 2. The van der Waals surface area contributed by atoms with Crippen LogP contribution in [0.15, 0.2) is 60.9 Å². The van der Waals surface area contributed by atoms with Crippen molar-refractivity contribution in [2.45, 2.75) is 6.92 Å². The molecular formula is C19H13N3O. The molecule has 0 bridgehead atoms. The molecule has 0 unspecified atom stereocenters. The number of aryl methyl sites for hydroxylation is 1. The monoisotopic (exact) mass is 299 g/mol. The lowest BCUT2D eigenvalue weighted by atomic mass is 10.1. The first-order chi connectivity index (χ1) is 11.3. The lowest BCUT2D eigenvalue weighted by molar-refractivity contribution is 0.475. The number of benzene rings is 2. The number of hydrogen-bond donors (Lipinski definition) is 0. The molecule has 5 rings (SSSR count). The smallest absolute Gasteiger partial charge is 0.153 e. The number of hydrogen-bond acceptors (Lipinski definition) is 3. The first kappa shape index (κ1) is 12.4. The van der Waals surface area contributed by atoms with Crippen LogP contribution in [-0.4, -0.2) is 14.5 Å². The first-order valence-corrected chi connectivity index (χ1v) is 7.52. The van der Waals surface area contributed by atoms with Crippen LogP contribution in [0.4, 0.5) is 0 Å². The highest BCUT2D eigenvalue weighted by Gasteiger charge is 2.22. The third-order valence-electron chi connectivity index (χ3n) is 4.24. The number of pyridine rings is 1. The zero-order valence-corrected chi connectivity index (χ0v) is 12.5. The van der Waals surface area contributed by atoms with E-state index in [-0.39, 0.29) is 0 Å². The Morgan fingerprint density at radius 1 is 0.913 bits per heavy atom. The van der Waals surface area contributed by atoms with E-state index in [0.29, 0.717) is 0 Å². The molecule has 4 heteroatoms. The predicted octanol–water partition coefficient (Wildman–Crippen LogP) is 4.50. The van der Waals surface area contributed by atoms with E-state index in [2.05, 4.69) is 32.7 Å². The van der Waals surface area contributed by atoms with Gasteiger partial charge in [0, 0.05) is 12.4 Å². The van der Waals surface area contributed by atoms with Crippen LogP contribution in [0.25, 0.3) is 27.8 Å². The van der Waals surface area contributed by atoms with Gasteiger partial charge in [0.2, 0.25) is 0 Å². The fraction of sp³-hybridized carbons (Fsp3) is 0.0526. The molecule has 0 spiro atoms. The number of imidazole rings is 1. The van der Waals surface area contributed by atoms with Crippen LogP contribution in [-0.2, 0) is 0 Å². The average molecular weight is 299 g/mol. The normalized spacial score (nSPS) is 12.0. The van der Waals surface area contributed by atoms with Crippen molar-refractivity contribution in [3.63, 3.8) is 0 Å². The van der Waals surface area contributed by atoms with Crippen molar-refractivity contribution in [1.82, 2.24) is 14.5 Å². The molecule has 0 saturated heterocycles. The van der Waals surface area contributed by atoms with E-state index in [4.69, 9.17) is 4.74 Å². The minimum absolute atomic E-state index is 0.848. The third kappa shape index (κ3) is 1.72. The summed E-state index contributed by atoms with van der Waals surface area (Å²) in [5, 5.41) is 0. The molecule has 1 aliphatic rings. The van der Waals surface area contributed by atoms with Gasteiger partial charge in [-0.3, -0.25) is 9.55 Å². The van der Waals surface area contributed by atoms with Gasteiger partial charge in [0.1, 0.15) is 11.3 Å². The van der Waals surface area contributed by atoms with Gasteiger partial charge in [-0.25, -0.2) is 4.98 Å². The topological polar surface area (TPSA) is 39.9 Å². The van der Waals surface area contributed by atoms with Gasteiger partial charge in [0.05, 0.1) is 11.2 Å². The molecule has 2 aromatic carbocycles. The van der Waals surface area contributed by atoms with E-state index in [1.807, 2.05) is 37.3 Å². The summed E-state index contributed by atoms with van der Waals surface area (Å²) in [5.74, 6) is 2.66. The van der Waals surface area contributed by atoms with Gasteiger partial charge in [-0.1, -0.05) is 12.1 Å². The standard InChI is InChI=1S/C19H13N3O/c1-12-21-15-3-2-4-17-19(15)22(12)16-6-5-14(11-18(16)23-17)13-7-9-20-10-8-13/h2-11H,1H3. The summed E-state index contributed by atoms with van der Waals surface area (Å²) < 4.78 is 8.32. The van der Waals surface area contributed by atoms with Crippen LogP contribution in [0.1, 0.15) is 5.82 Å². The fourth-order valence-corrected chi connectivity index (χ4v) is 3.21. The maximum absolute atomic E-state index is 6.15. The molecule has 0 aliphatic carbocycles. The van der Waals surface area contributed by atoms with Crippen LogP contribution >= 0.6 is 0 Å². The van der Waals surface area contributed by atoms with Gasteiger partial charge < -0.3 is 4.74 Å². The van der Waals surface area contributed by atoms with Crippen LogP contribution in [0.5, 0.6) is 11.5 Å². The maximum Gasteiger partial charge on any atom is 0.153 e. The molecule has 0 amide bonds. The summed E-state index contributed by atoms with van der Waals surface area (Å²) >= 11 is 0. The Balaban J connectivity index is 1.77. The largest absolute Gasteiger partial charge is 0.453 e. The van der Waals surface area contributed by atoms with E-state index in [1.165, 1.54) is 0 Å². The predicted molar refractivity (Wildman–Crippen MR) is 89.1 cm³/mol. The molecule has 0 atom stereocenters. The number of aromatic nitrogens is 3. The zero-order chi connectivity index (χ0) is 15.4. The molecule has 2 aromatic heterocycles. The highest BCUT2D eigenvalue weighted by molar-refractivity contribution is 5.87. The second-order valence-electron chi connectivity index (χ2n) is 5.64. The molecule has 4 aromatic rings. The van der Waals surface area contributed by atoms with Gasteiger partial charge in [-0.05, 0) is 54.4 Å². The Morgan fingerprint density at radius 3 is 2.65 bits per heavy atom. The van der Waals surface area contributed by atoms with Gasteiger partial charge >= 0.3 is 0 Å². The third-order valence-corrected chi connectivity index (χ3v) is 4.24. The van der Waals surface area contributed by atoms with E-state index >= 15 is 0 Å². The van der Waals surface area contributed by atoms with Gasteiger partial charge in [0.15, 0.2) is 11.5 Å². The molecule has 3 heterocycles. The van der Waals surface area contributed by atoms with Crippen LogP contribution < -0.4 is 4.74 Å². The number of rotatable bonds is 1. The second-order valence-corrected chi connectivity index (χ2v) is 5.64. The molecular weight excluding hydrogens is 286 g/mol.